The van der Waals surface area contributed by atoms with Crippen molar-refractivity contribution in [3.05, 3.63) is 24.3 Å². The van der Waals surface area contributed by atoms with Gasteiger partial charge >= 0.3 is 35.8 Å². The van der Waals surface area contributed by atoms with Crippen LogP contribution in [0, 0.1) is 0 Å². The largest absolute Gasteiger partial charge is 1.00 e. The summed E-state index contributed by atoms with van der Waals surface area (Å²) in [5.41, 5.74) is 0. The van der Waals surface area contributed by atoms with E-state index in [1.54, 1.807) is 0 Å². The highest BCUT2D eigenvalue weighted by Crippen LogP contribution is 2.17. The average molecular weight is 1150 g/mol. The van der Waals surface area contributed by atoms with Gasteiger partial charge in [0.2, 0.25) is 0 Å². The highest BCUT2D eigenvalue weighted by molar-refractivity contribution is 5.71. The molecule has 0 aliphatic carbocycles. The molecule has 0 rings (SSSR count). The molecule has 0 bridgehead atoms. The van der Waals surface area contributed by atoms with E-state index in [9.17, 15) is 28.8 Å². The zero-order valence-electron chi connectivity index (χ0n) is 50.7. The van der Waals surface area contributed by atoms with Crippen molar-refractivity contribution in [2.24, 2.45) is 0 Å². The van der Waals surface area contributed by atoms with E-state index in [0.29, 0.717) is 48.1 Å². The van der Waals surface area contributed by atoms with E-state index in [4.69, 9.17) is 28.4 Å². The molecule has 0 spiro atoms. The molecular formula is C62H114Cl2N2O12. The molecular weight excluding hydrogens is 1040 g/mol. The van der Waals surface area contributed by atoms with E-state index in [1.165, 1.54) is 52.4 Å². The van der Waals surface area contributed by atoms with Crippen LogP contribution < -0.4 is 24.8 Å². The predicted octanol–water partition coefficient (Wildman–Crippen LogP) is 7.60. The first kappa shape index (κ1) is 79.0. The maximum absolute atomic E-state index is 12.8. The Hall–Kier alpha value is -3.20. The number of ether oxygens (including phenoxy) is 6. The molecule has 0 heterocycles. The molecule has 0 saturated carbocycles. The third kappa shape index (κ3) is 56.1. The van der Waals surface area contributed by atoms with Crippen molar-refractivity contribution in [1.82, 2.24) is 0 Å². The lowest BCUT2D eigenvalue weighted by Gasteiger charge is -2.29. The van der Waals surface area contributed by atoms with Crippen LogP contribution in [0.5, 0.6) is 0 Å². The van der Waals surface area contributed by atoms with Crippen molar-refractivity contribution in [2.45, 2.75) is 258 Å². The van der Waals surface area contributed by atoms with Gasteiger partial charge in [-0.3, -0.25) is 19.2 Å². The zero-order chi connectivity index (χ0) is 56.4. The Morgan fingerprint density at radius 2 is 0.692 bits per heavy atom. The Bertz CT molecular complexity index is 1450. The van der Waals surface area contributed by atoms with Gasteiger partial charge in [0.05, 0.1) is 41.4 Å². The van der Waals surface area contributed by atoms with Crippen LogP contribution in [0.25, 0.3) is 0 Å². The molecule has 0 fully saturated rings. The van der Waals surface area contributed by atoms with E-state index in [0.717, 1.165) is 167 Å². The van der Waals surface area contributed by atoms with Crippen molar-refractivity contribution < 1.29 is 91.0 Å². The quantitative estimate of drug-likeness (QED) is 0.0194. The Morgan fingerprint density at radius 1 is 0.372 bits per heavy atom. The normalized spacial score (nSPS) is 12.4. The highest BCUT2D eigenvalue weighted by Gasteiger charge is 2.25. The van der Waals surface area contributed by atoms with Gasteiger partial charge < -0.3 is 62.2 Å². The fourth-order valence-corrected chi connectivity index (χ4v) is 8.86. The van der Waals surface area contributed by atoms with E-state index in [-0.39, 0.29) is 99.1 Å². The maximum Gasteiger partial charge on any atom is 0.362 e. The molecule has 78 heavy (non-hydrogen) atoms. The first-order valence-electron chi connectivity index (χ1n) is 30.4. The summed E-state index contributed by atoms with van der Waals surface area (Å²) in [6.45, 7) is 10.3. The minimum absolute atomic E-state index is 0. The topological polar surface area (TPSA) is 158 Å². The molecule has 0 aromatic rings. The van der Waals surface area contributed by atoms with Crippen molar-refractivity contribution >= 4 is 35.8 Å². The van der Waals surface area contributed by atoms with E-state index >= 15 is 0 Å². The van der Waals surface area contributed by atoms with Gasteiger partial charge in [0, 0.05) is 39.5 Å². The molecule has 458 valence electrons. The molecule has 14 nitrogen and oxygen atoms in total. The van der Waals surface area contributed by atoms with Crippen LogP contribution >= 0.6 is 0 Å². The number of nitrogens with zero attached hydrogens (tertiary/aromatic N) is 2. The monoisotopic (exact) mass is 1150 g/mol. The van der Waals surface area contributed by atoms with Crippen LogP contribution in [0.15, 0.2) is 24.3 Å². The lowest BCUT2D eigenvalue weighted by atomic mass is 10.1. The first-order valence-corrected chi connectivity index (χ1v) is 30.4. The van der Waals surface area contributed by atoms with Crippen molar-refractivity contribution in [2.75, 3.05) is 80.8 Å². The van der Waals surface area contributed by atoms with Crippen LogP contribution in [0.2, 0.25) is 0 Å². The van der Waals surface area contributed by atoms with Gasteiger partial charge in [-0.2, -0.15) is 0 Å². The average Bonchev–Trinajstić information content (AvgIpc) is 3.34. The van der Waals surface area contributed by atoms with Crippen LogP contribution in [-0.2, 0) is 57.2 Å². The number of hydrogen-bond acceptors (Lipinski definition) is 12. The fourth-order valence-electron chi connectivity index (χ4n) is 8.86. The first-order chi connectivity index (χ1) is 36.5. The summed E-state index contributed by atoms with van der Waals surface area (Å²) in [5.74, 6) is -1.22. The minimum atomic E-state index is -0.314. The maximum atomic E-state index is 12.8. The second kappa shape index (κ2) is 54.4. The molecule has 0 aromatic heterocycles. The van der Waals surface area contributed by atoms with Crippen LogP contribution in [0.4, 0.5) is 0 Å². The molecule has 0 aliphatic heterocycles. The van der Waals surface area contributed by atoms with E-state index in [2.05, 4.69) is 38.2 Å². The molecule has 16 heteroatoms. The zero-order valence-corrected chi connectivity index (χ0v) is 52.2. The molecule has 0 saturated heterocycles. The van der Waals surface area contributed by atoms with Gasteiger partial charge in [-0.1, -0.05) is 154 Å². The number of carbonyl (C=O) groups is 6. The molecule has 0 radical (unpaired) electrons. The van der Waals surface area contributed by atoms with Gasteiger partial charge in [-0.15, -0.1) is 0 Å². The highest BCUT2D eigenvalue weighted by atomic mass is 35.5. The van der Waals surface area contributed by atoms with Crippen molar-refractivity contribution in [3.8, 4) is 0 Å². The van der Waals surface area contributed by atoms with E-state index in [1.807, 2.05) is 28.2 Å². The number of quaternary nitrogens is 2. The number of rotatable bonds is 53. The predicted molar refractivity (Wildman–Crippen MR) is 305 cm³/mol. The SMILES string of the molecule is CCCCCCC(CC=CCCCCCCCC(=O)OCCCCCCCCCCOC(=O)CCCCCCCC=CCC(CCCCCC)OC(=O)C[N+](C)(C)CCOC(C)=O)OC(=O)C[N+](C)(C)CCOC(C)=O.[Cl-].[Cl-]. The summed E-state index contributed by atoms with van der Waals surface area (Å²) in [5, 5.41) is 0. The minimum Gasteiger partial charge on any atom is -1.00 e. The second-order valence-corrected chi connectivity index (χ2v) is 22.5. The van der Waals surface area contributed by atoms with Crippen LogP contribution in [-0.4, -0.2) is 138 Å². The van der Waals surface area contributed by atoms with Gasteiger partial charge in [0.15, 0.2) is 13.1 Å². The van der Waals surface area contributed by atoms with Gasteiger partial charge in [0.1, 0.15) is 38.5 Å². The Morgan fingerprint density at radius 3 is 1.04 bits per heavy atom. The molecule has 0 N–H and O–H groups in total. The molecule has 0 aliphatic rings. The number of allylic oxidation sites excluding steroid dienone is 2. The summed E-state index contributed by atoms with van der Waals surface area (Å²) in [6, 6.07) is 0. The van der Waals surface area contributed by atoms with Crippen molar-refractivity contribution in [3.63, 3.8) is 0 Å². The fraction of sp³-hybridized carbons (Fsp3) is 0.839. The third-order valence-corrected chi connectivity index (χ3v) is 13.7. The van der Waals surface area contributed by atoms with Crippen LogP contribution in [0.3, 0.4) is 0 Å². The van der Waals surface area contributed by atoms with Gasteiger partial charge in [-0.05, 0) is 77.0 Å². The standard InChI is InChI=1S/C62H114N2O12.2ClH/c1-9-11-13-33-41-57(75-61(69)53-63(5,6)47-51-71-55(3)65)43-35-27-21-15-17-23-29-37-45-59(67)73-49-39-31-25-19-20-26-32-40-50-74-60(68)46-38-30-24-18-16-22-28-36-44-58(42-34-14-12-10-2)76-62(70)54-64(7,8)48-52-72-56(4)66;;/h27-28,35-36,57-58H,9-26,29-34,37-54H2,1-8H3;2*1H/q+2;;/p-2. The Labute approximate surface area is 488 Å². The summed E-state index contributed by atoms with van der Waals surface area (Å²) in [7, 11) is 7.78. The lowest BCUT2D eigenvalue weighted by Crippen LogP contribution is -3.00. The molecule has 0 aromatic carbocycles. The van der Waals surface area contributed by atoms with E-state index < -0.39 is 0 Å². The smallest absolute Gasteiger partial charge is 0.362 e. The third-order valence-electron chi connectivity index (χ3n) is 13.7. The Kier molecular flexibility index (Phi) is 55.1. The summed E-state index contributed by atoms with van der Waals surface area (Å²) < 4.78 is 33.7. The molecule has 2 atom stereocenters. The van der Waals surface area contributed by atoms with Crippen molar-refractivity contribution in [1.29, 1.82) is 0 Å². The molecule has 0 amide bonds. The lowest BCUT2D eigenvalue weighted by molar-refractivity contribution is -0.883. The summed E-state index contributed by atoms with van der Waals surface area (Å²) in [4.78, 5) is 72.2. The van der Waals surface area contributed by atoms with Crippen LogP contribution in [0.1, 0.15) is 246 Å². The number of esters is 6. The number of halogens is 2. The Balaban J connectivity index is -0.0000281. The summed E-state index contributed by atoms with van der Waals surface area (Å²) >= 11 is 0. The number of likely N-dealkylation sites (N-methyl/N-ethyl adjacent to an activating group) is 2. The van der Waals surface area contributed by atoms with Gasteiger partial charge in [-0.25, -0.2) is 9.59 Å². The van der Waals surface area contributed by atoms with Gasteiger partial charge in [0.25, 0.3) is 0 Å². The molecule has 2 unspecified atom stereocenters. The summed E-state index contributed by atoms with van der Waals surface area (Å²) in [6.07, 6.45) is 42.8. The number of carbonyl (C=O) groups excluding carboxylic acids is 6. The number of hydrogen-bond donors (Lipinski definition) is 0. The second-order valence-electron chi connectivity index (χ2n) is 22.5. The number of unbranched alkanes of at least 4 members (excludes halogenated alkanes) is 23.